The Labute approximate surface area is 158 Å². The summed E-state index contributed by atoms with van der Waals surface area (Å²) in [7, 11) is 1.53. The van der Waals surface area contributed by atoms with E-state index < -0.39 is 0 Å². The number of aryl methyl sites for hydroxylation is 2. The van der Waals surface area contributed by atoms with Gasteiger partial charge >= 0.3 is 0 Å². The Morgan fingerprint density at radius 2 is 1.58 bits per heavy atom. The Bertz CT molecular complexity index is 876. The van der Waals surface area contributed by atoms with E-state index in [2.05, 4.69) is 29.6 Å². The summed E-state index contributed by atoms with van der Waals surface area (Å²) in [6.45, 7) is 0. The second-order valence-corrected chi connectivity index (χ2v) is 6.42. The van der Waals surface area contributed by atoms with Crippen LogP contribution in [0, 0.1) is 0 Å². The number of rotatable bonds is 6. The molecule has 0 spiro atoms. The van der Waals surface area contributed by atoms with Crippen molar-refractivity contribution in [2.45, 2.75) is 12.8 Å². The van der Waals surface area contributed by atoms with Crippen LogP contribution in [0.4, 0.5) is 5.69 Å². The second-order valence-electron chi connectivity index (χ2n) is 5.98. The summed E-state index contributed by atoms with van der Waals surface area (Å²) < 4.78 is 5.23. The quantitative estimate of drug-likeness (QED) is 0.636. The molecule has 0 saturated carbocycles. The van der Waals surface area contributed by atoms with Crippen LogP contribution in [0.3, 0.4) is 0 Å². The number of hydrogen-bond donors (Lipinski definition) is 1. The topological polar surface area (TPSA) is 38.3 Å². The van der Waals surface area contributed by atoms with Crippen LogP contribution in [0.2, 0.25) is 5.02 Å². The molecule has 0 heterocycles. The minimum atomic E-state index is -0.249. The fourth-order valence-electron chi connectivity index (χ4n) is 2.74. The van der Waals surface area contributed by atoms with E-state index in [1.54, 1.807) is 18.2 Å². The van der Waals surface area contributed by atoms with Crippen molar-refractivity contribution in [2.75, 3.05) is 12.4 Å². The van der Waals surface area contributed by atoms with Crippen LogP contribution in [-0.4, -0.2) is 13.0 Å². The Balaban J connectivity index is 1.64. The van der Waals surface area contributed by atoms with E-state index in [0.717, 1.165) is 18.5 Å². The summed E-state index contributed by atoms with van der Waals surface area (Å²) in [6.07, 6.45) is 1.95. The van der Waals surface area contributed by atoms with Gasteiger partial charge in [-0.3, -0.25) is 4.79 Å². The molecule has 3 aromatic carbocycles. The van der Waals surface area contributed by atoms with E-state index in [4.69, 9.17) is 16.3 Å². The number of carbonyl (C=O) groups excluding carboxylic acids is 1. The molecule has 1 amide bonds. The van der Waals surface area contributed by atoms with Gasteiger partial charge in [-0.2, -0.15) is 0 Å². The van der Waals surface area contributed by atoms with Gasteiger partial charge in [0.15, 0.2) is 0 Å². The molecule has 0 atom stereocenters. The highest BCUT2D eigenvalue weighted by atomic mass is 35.5. The predicted molar refractivity (Wildman–Crippen MR) is 106 cm³/mol. The molecule has 26 heavy (non-hydrogen) atoms. The zero-order valence-corrected chi connectivity index (χ0v) is 15.3. The van der Waals surface area contributed by atoms with Crippen LogP contribution in [0.5, 0.6) is 5.75 Å². The van der Waals surface area contributed by atoms with Crippen molar-refractivity contribution in [1.29, 1.82) is 0 Å². The Kier molecular flexibility index (Phi) is 5.92. The van der Waals surface area contributed by atoms with Gasteiger partial charge in [0, 0.05) is 10.7 Å². The molecule has 0 bridgehead atoms. The molecule has 0 unspecified atom stereocenters. The zero-order valence-electron chi connectivity index (χ0n) is 14.5. The van der Waals surface area contributed by atoms with Gasteiger partial charge in [0.1, 0.15) is 5.75 Å². The summed E-state index contributed by atoms with van der Waals surface area (Å²) in [6, 6.07) is 23.3. The molecule has 0 radical (unpaired) electrons. The van der Waals surface area contributed by atoms with E-state index >= 15 is 0 Å². The van der Waals surface area contributed by atoms with Crippen molar-refractivity contribution in [1.82, 2.24) is 0 Å². The maximum absolute atomic E-state index is 12.5. The number of anilines is 1. The lowest BCUT2D eigenvalue weighted by atomic mass is 10.0. The van der Waals surface area contributed by atoms with Crippen LogP contribution in [0.15, 0.2) is 72.8 Å². The summed E-state index contributed by atoms with van der Waals surface area (Å²) in [5.41, 5.74) is 3.69. The first-order valence-corrected chi connectivity index (χ1v) is 8.81. The third kappa shape index (κ3) is 4.64. The summed E-state index contributed by atoms with van der Waals surface area (Å²) >= 11 is 5.99. The fourth-order valence-corrected chi connectivity index (χ4v) is 2.92. The van der Waals surface area contributed by atoms with Crippen LogP contribution in [0.25, 0.3) is 0 Å². The number of halogens is 1. The highest BCUT2D eigenvalue weighted by molar-refractivity contribution is 6.31. The van der Waals surface area contributed by atoms with E-state index in [9.17, 15) is 4.79 Å². The number of benzene rings is 3. The molecule has 0 saturated heterocycles. The lowest BCUT2D eigenvalue weighted by molar-refractivity contribution is 0.102. The van der Waals surface area contributed by atoms with Gasteiger partial charge in [0.2, 0.25) is 0 Å². The van der Waals surface area contributed by atoms with Gasteiger partial charge in [-0.1, -0.05) is 54.1 Å². The average molecular weight is 366 g/mol. The van der Waals surface area contributed by atoms with Gasteiger partial charge in [-0.25, -0.2) is 0 Å². The van der Waals surface area contributed by atoms with Gasteiger partial charge in [-0.05, 0) is 54.3 Å². The molecular formula is C22H20ClNO2. The first kappa shape index (κ1) is 18.0. The largest absolute Gasteiger partial charge is 0.496 e. The Morgan fingerprint density at radius 3 is 2.23 bits per heavy atom. The molecule has 0 aliphatic rings. The molecule has 132 valence electrons. The normalized spacial score (nSPS) is 10.4. The minimum absolute atomic E-state index is 0.249. The average Bonchev–Trinajstić information content (AvgIpc) is 2.68. The van der Waals surface area contributed by atoms with Crippen molar-refractivity contribution in [2.24, 2.45) is 0 Å². The van der Waals surface area contributed by atoms with Gasteiger partial charge in [0.05, 0.1) is 12.7 Å². The molecule has 3 aromatic rings. The van der Waals surface area contributed by atoms with Crippen LogP contribution in [-0.2, 0) is 12.8 Å². The highest BCUT2D eigenvalue weighted by Crippen LogP contribution is 2.24. The standard InChI is InChI=1S/C22H20ClNO2/c1-26-21-14-11-18(23)15-20(21)22(25)24-19-12-9-17(10-13-19)8-7-16-5-3-2-4-6-16/h2-6,9-15H,7-8H2,1H3,(H,24,25). The molecule has 0 fully saturated rings. The van der Waals surface area contributed by atoms with Crippen LogP contribution >= 0.6 is 11.6 Å². The van der Waals surface area contributed by atoms with Crippen LogP contribution in [0.1, 0.15) is 21.5 Å². The van der Waals surface area contributed by atoms with Crippen molar-refractivity contribution in [3.63, 3.8) is 0 Å². The highest BCUT2D eigenvalue weighted by Gasteiger charge is 2.13. The summed E-state index contributed by atoms with van der Waals surface area (Å²) in [4.78, 5) is 12.5. The molecule has 4 heteroatoms. The van der Waals surface area contributed by atoms with E-state index in [-0.39, 0.29) is 5.91 Å². The van der Waals surface area contributed by atoms with Crippen LogP contribution < -0.4 is 10.1 Å². The van der Waals surface area contributed by atoms with E-state index in [1.807, 2.05) is 30.3 Å². The van der Waals surface area contributed by atoms with Crippen molar-refractivity contribution >= 4 is 23.2 Å². The fraction of sp³-hybridized carbons (Fsp3) is 0.136. The Morgan fingerprint density at radius 1 is 0.923 bits per heavy atom. The molecular weight excluding hydrogens is 346 g/mol. The number of methoxy groups -OCH3 is 1. The minimum Gasteiger partial charge on any atom is -0.496 e. The van der Waals surface area contributed by atoms with Crippen molar-refractivity contribution < 1.29 is 9.53 Å². The lowest BCUT2D eigenvalue weighted by Gasteiger charge is -2.10. The number of amides is 1. The summed E-state index contributed by atoms with van der Waals surface area (Å²) in [5, 5.41) is 3.38. The van der Waals surface area contributed by atoms with Crippen molar-refractivity contribution in [3.8, 4) is 5.75 Å². The van der Waals surface area contributed by atoms with E-state index in [1.165, 1.54) is 18.2 Å². The Hall–Kier alpha value is -2.78. The predicted octanol–water partition coefficient (Wildman–Crippen LogP) is 5.39. The first-order chi connectivity index (χ1) is 12.7. The molecule has 0 aliphatic heterocycles. The number of hydrogen-bond acceptors (Lipinski definition) is 2. The number of nitrogens with one attached hydrogen (secondary N) is 1. The second kappa shape index (κ2) is 8.54. The molecule has 3 rings (SSSR count). The maximum Gasteiger partial charge on any atom is 0.259 e. The number of ether oxygens (including phenoxy) is 1. The van der Waals surface area contributed by atoms with Gasteiger partial charge < -0.3 is 10.1 Å². The lowest BCUT2D eigenvalue weighted by Crippen LogP contribution is -2.13. The third-order valence-electron chi connectivity index (χ3n) is 4.16. The van der Waals surface area contributed by atoms with Gasteiger partial charge in [-0.15, -0.1) is 0 Å². The SMILES string of the molecule is COc1ccc(Cl)cc1C(=O)Nc1ccc(CCc2ccccc2)cc1. The van der Waals surface area contributed by atoms with Crippen molar-refractivity contribution in [3.05, 3.63) is 94.5 Å². The zero-order chi connectivity index (χ0) is 18.4. The monoisotopic (exact) mass is 365 g/mol. The third-order valence-corrected chi connectivity index (χ3v) is 4.40. The molecule has 0 aliphatic carbocycles. The molecule has 0 aromatic heterocycles. The molecule has 3 nitrogen and oxygen atoms in total. The van der Waals surface area contributed by atoms with Gasteiger partial charge in [0.25, 0.3) is 5.91 Å². The number of carbonyl (C=O) groups is 1. The molecule has 1 N–H and O–H groups in total. The van der Waals surface area contributed by atoms with E-state index in [0.29, 0.717) is 16.3 Å². The first-order valence-electron chi connectivity index (χ1n) is 8.43. The smallest absolute Gasteiger partial charge is 0.259 e. The maximum atomic E-state index is 12.5. The summed E-state index contributed by atoms with van der Waals surface area (Å²) in [5.74, 6) is 0.243.